The number of hydrogen-bond donors (Lipinski definition) is 2. The first kappa shape index (κ1) is 16.4. The molecule has 0 saturated carbocycles. The van der Waals surface area contributed by atoms with E-state index in [9.17, 15) is 9.59 Å². The van der Waals surface area contributed by atoms with Crippen LogP contribution >= 0.6 is 0 Å². The van der Waals surface area contributed by atoms with Crippen molar-refractivity contribution in [2.24, 2.45) is 0 Å². The summed E-state index contributed by atoms with van der Waals surface area (Å²) in [6, 6.07) is 16.0. The Balaban J connectivity index is 1.49. The van der Waals surface area contributed by atoms with Gasteiger partial charge in [0.1, 0.15) is 5.69 Å². The van der Waals surface area contributed by atoms with Gasteiger partial charge < -0.3 is 15.1 Å². The monoisotopic (exact) mass is 335 g/mol. The second kappa shape index (κ2) is 7.92. The minimum Gasteiger partial charge on any atom is -0.463 e. The maximum absolute atomic E-state index is 11.9. The first-order chi connectivity index (χ1) is 12.2. The number of pyridine rings is 1. The van der Waals surface area contributed by atoms with Crippen molar-refractivity contribution < 1.29 is 14.0 Å². The lowest BCUT2D eigenvalue weighted by Crippen LogP contribution is -2.36. The molecule has 6 heteroatoms. The van der Waals surface area contributed by atoms with Crippen LogP contribution in [0.2, 0.25) is 0 Å². The maximum atomic E-state index is 11.9. The summed E-state index contributed by atoms with van der Waals surface area (Å²) < 4.78 is 5.31. The highest BCUT2D eigenvalue weighted by Gasteiger charge is 2.08. The Hall–Kier alpha value is -3.41. The number of carbonyl (C=O) groups excluding carboxylic acids is 2. The molecule has 6 nitrogen and oxygen atoms in total. The highest BCUT2D eigenvalue weighted by atomic mass is 16.3. The molecule has 0 aliphatic carbocycles. The van der Waals surface area contributed by atoms with Gasteiger partial charge in [-0.2, -0.15) is 0 Å². The molecule has 25 heavy (non-hydrogen) atoms. The number of nitrogens with zero attached hydrogens (tertiary/aromatic N) is 1. The van der Waals surface area contributed by atoms with Crippen LogP contribution in [-0.2, 0) is 11.3 Å². The number of carbonyl (C=O) groups is 2. The number of hydrogen-bond acceptors (Lipinski definition) is 4. The molecule has 0 unspecified atom stereocenters. The third kappa shape index (κ3) is 4.54. The number of furan rings is 1. The van der Waals surface area contributed by atoms with Gasteiger partial charge in [0, 0.05) is 18.3 Å². The summed E-state index contributed by atoms with van der Waals surface area (Å²) in [6.07, 6.45) is 3.25. The third-order valence-corrected chi connectivity index (χ3v) is 3.53. The Morgan fingerprint density at radius 3 is 2.60 bits per heavy atom. The molecule has 0 saturated heterocycles. The molecule has 3 aromatic rings. The lowest BCUT2D eigenvalue weighted by molar-refractivity contribution is -0.120. The van der Waals surface area contributed by atoms with Crippen LogP contribution in [0.25, 0.3) is 11.5 Å². The summed E-state index contributed by atoms with van der Waals surface area (Å²) >= 11 is 0. The molecule has 0 aliphatic heterocycles. The van der Waals surface area contributed by atoms with Crippen LogP contribution in [0.3, 0.4) is 0 Å². The first-order valence-corrected chi connectivity index (χ1v) is 7.81. The lowest BCUT2D eigenvalue weighted by atomic mass is 10.2. The Morgan fingerprint density at radius 1 is 1.00 bits per heavy atom. The minimum absolute atomic E-state index is 0.0795. The van der Waals surface area contributed by atoms with Crippen LogP contribution in [0.4, 0.5) is 0 Å². The van der Waals surface area contributed by atoms with Gasteiger partial charge in [-0.25, -0.2) is 0 Å². The smallest absolute Gasteiger partial charge is 0.251 e. The highest BCUT2D eigenvalue weighted by Crippen LogP contribution is 2.17. The molecule has 3 rings (SSSR count). The Labute approximate surface area is 144 Å². The summed E-state index contributed by atoms with van der Waals surface area (Å²) in [5.74, 6) is 0.128. The van der Waals surface area contributed by atoms with Gasteiger partial charge in [0.15, 0.2) is 5.76 Å². The molecular weight excluding hydrogens is 318 g/mol. The molecule has 2 amide bonds. The standard InChI is InChI=1S/C19H17N3O3/c23-18(13-22-19(24)15-5-2-1-3-6-15)21-12-14-8-9-20-16(11-14)17-7-4-10-25-17/h1-11H,12-13H2,(H,21,23)(H,22,24). The SMILES string of the molecule is O=C(CNC(=O)c1ccccc1)NCc1ccnc(-c2ccco2)c1. The number of nitrogens with one attached hydrogen (secondary N) is 2. The zero-order valence-electron chi connectivity index (χ0n) is 13.4. The third-order valence-electron chi connectivity index (χ3n) is 3.53. The van der Waals surface area contributed by atoms with E-state index >= 15 is 0 Å². The number of amides is 2. The molecule has 126 valence electrons. The van der Waals surface area contributed by atoms with E-state index in [1.165, 1.54) is 0 Å². The fourth-order valence-corrected chi connectivity index (χ4v) is 2.26. The quantitative estimate of drug-likeness (QED) is 0.724. The van der Waals surface area contributed by atoms with Gasteiger partial charge in [-0.3, -0.25) is 14.6 Å². The van der Waals surface area contributed by atoms with Gasteiger partial charge in [0.05, 0.1) is 12.8 Å². The normalized spacial score (nSPS) is 10.2. The van der Waals surface area contributed by atoms with Gasteiger partial charge in [0.2, 0.25) is 5.91 Å². The molecule has 0 radical (unpaired) electrons. The average molecular weight is 335 g/mol. The Kier molecular flexibility index (Phi) is 5.21. The van der Waals surface area contributed by atoms with Crippen molar-refractivity contribution in [3.05, 3.63) is 78.2 Å². The lowest BCUT2D eigenvalue weighted by Gasteiger charge is -2.08. The second-order valence-corrected chi connectivity index (χ2v) is 5.35. The van der Waals surface area contributed by atoms with Crippen LogP contribution in [-0.4, -0.2) is 23.3 Å². The molecule has 1 aromatic carbocycles. The van der Waals surface area contributed by atoms with Crippen molar-refractivity contribution in [2.45, 2.75) is 6.54 Å². The van der Waals surface area contributed by atoms with Crippen molar-refractivity contribution in [1.29, 1.82) is 0 Å². The molecule has 0 fully saturated rings. The zero-order valence-corrected chi connectivity index (χ0v) is 13.4. The van der Waals surface area contributed by atoms with Crippen molar-refractivity contribution >= 4 is 11.8 Å². The van der Waals surface area contributed by atoms with E-state index in [1.807, 2.05) is 24.3 Å². The van der Waals surface area contributed by atoms with Gasteiger partial charge >= 0.3 is 0 Å². The Morgan fingerprint density at radius 2 is 1.84 bits per heavy atom. The second-order valence-electron chi connectivity index (χ2n) is 5.35. The van der Waals surface area contributed by atoms with Crippen molar-refractivity contribution in [2.75, 3.05) is 6.54 Å². The van der Waals surface area contributed by atoms with E-state index in [-0.39, 0.29) is 18.4 Å². The summed E-state index contributed by atoms with van der Waals surface area (Å²) in [5, 5.41) is 5.36. The summed E-state index contributed by atoms with van der Waals surface area (Å²) in [5.41, 5.74) is 2.12. The highest BCUT2D eigenvalue weighted by molar-refractivity contribution is 5.96. The number of aromatic nitrogens is 1. The number of benzene rings is 1. The summed E-state index contributed by atoms with van der Waals surface area (Å²) in [7, 11) is 0. The van der Waals surface area contributed by atoms with E-state index in [0.29, 0.717) is 23.6 Å². The van der Waals surface area contributed by atoms with Gasteiger partial charge in [-0.15, -0.1) is 0 Å². The maximum Gasteiger partial charge on any atom is 0.251 e. The molecule has 2 aromatic heterocycles. The van der Waals surface area contributed by atoms with Gasteiger partial charge in [-0.05, 0) is 42.0 Å². The van der Waals surface area contributed by atoms with Crippen LogP contribution in [0.1, 0.15) is 15.9 Å². The summed E-state index contributed by atoms with van der Waals surface area (Å²) in [6.45, 7) is 0.264. The van der Waals surface area contributed by atoms with Crippen molar-refractivity contribution in [3.8, 4) is 11.5 Å². The largest absolute Gasteiger partial charge is 0.463 e. The molecule has 0 spiro atoms. The predicted molar refractivity (Wildman–Crippen MR) is 92.6 cm³/mol. The molecule has 0 aliphatic rings. The van der Waals surface area contributed by atoms with Crippen molar-refractivity contribution in [3.63, 3.8) is 0 Å². The summed E-state index contributed by atoms with van der Waals surface area (Å²) in [4.78, 5) is 28.0. The van der Waals surface area contributed by atoms with E-state index in [0.717, 1.165) is 5.56 Å². The van der Waals surface area contributed by atoms with E-state index in [4.69, 9.17) is 4.42 Å². The van der Waals surface area contributed by atoms with Gasteiger partial charge in [-0.1, -0.05) is 18.2 Å². The van der Waals surface area contributed by atoms with E-state index < -0.39 is 0 Å². The van der Waals surface area contributed by atoms with Crippen LogP contribution in [0.5, 0.6) is 0 Å². The van der Waals surface area contributed by atoms with Crippen molar-refractivity contribution in [1.82, 2.24) is 15.6 Å². The number of rotatable bonds is 6. The van der Waals surface area contributed by atoms with Gasteiger partial charge in [0.25, 0.3) is 5.91 Å². The topological polar surface area (TPSA) is 84.2 Å². The van der Waals surface area contributed by atoms with Crippen LogP contribution in [0.15, 0.2) is 71.5 Å². The molecule has 0 bridgehead atoms. The van der Waals surface area contributed by atoms with Crippen LogP contribution < -0.4 is 10.6 Å². The molecule has 2 heterocycles. The molecule has 0 atom stereocenters. The zero-order chi connectivity index (χ0) is 17.5. The first-order valence-electron chi connectivity index (χ1n) is 7.81. The average Bonchev–Trinajstić information content (AvgIpc) is 3.20. The van der Waals surface area contributed by atoms with Crippen LogP contribution in [0, 0.1) is 0 Å². The van der Waals surface area contributed by atoms with E-state index in [1.54, 1.807) is 42.8 Å². The van der Waals surface area contributed by atoms with E-state index in [2.05, 4.69) is 15.6 Å². The molecule has 2 N–H and O–H groups in total. The molecular formula is C19H17N3O3. The fourth-order valence-electron chi connectivity index (χ4n) is 2.26. The predicted octanol–water partition coefficient (Wildman–Crippen LogP) is 2.39. The minimum atomic E-state index is -0.278. The Bertz CT molecular complexity index is 845. The fraction of sp³-hybridized carbons (Fsp3) is 0.105.